The number of nitrogens with one attached hydrogen (secondary N) is 2. The first kappa shape index (κ1) is 18.1. The molecule has 144 valence electrons. The van der Waals surface area contributed by atoms with Crippen molar-refractivity contribution in [3.63, 3.8) is 0 Å². The Morgan fingerprint density at radius 2 is 1.86 bits per heavy atom. The lowest BCUT2D eigenvalue weighted by molar-refractivity contribution is 0.0943. The molecule has 1 saturated heterocycles. The van der Waals surface area contributed by atoms with Crippen molar-refractivity contribution in [2.45, 2.75) is 25.8 Å². The fourth-order valence-electron chi connectivity index (χ4n) is 3.38. The van der Waals surface area contributed by atoms with Crippen molar-refractivity contribution in [3.05, 3.63) is 72.4 Å². The van der Waals surface area contributed by atoms with E-state index in [1.54, 1.807) is 24.6 Å². The fourth-order valence-corrected chi connectivity index (χ4v) is 3.38. The van der Waals surface area contributed by atoms with E-state index in [2.05, 4.69) is 44.8 Å². The zero-order chi connectivity index (χ0) is 19.2. The number of amides is 1. The van der Waals surface area contributed by atoms with Crippen molar-refractivity contribution in [3.8, 4) is 0 Å². The van der Waals surface area contributed by atoms with Crippen LogP contribution in [-0.2, 0) is 6.54 Å². The number of hydrogen-bond donors (Lipinski definition) is 2. The topological polar surface area (TPSA) is 70.4 Å². The summed E-state index contributed by atoms with van der Waals surface area (Å²) < 4.78 is 5.22. The van der Waals surface area contributed by atoms with Crippen LogP contribution in [0.1, 0.15) is 35.5 Å². The molecule has 3 heterocycles. The molecule has 1 aromatic carbocycles. The summed E-state index contributed by atoms with van der Waals surface area (Å²) in [4.78, 5) is 18.9. The normalized spacial score (nSPS) is 13.9. The van der Waals surface area contributed by atoms with Crippen molar-refractivity contribution in [1.82, 2.24) is 10.3 Å². The Morgan fingerprint density at radius 3 is 2.61 bits per heavy atom. The number of hydrogen-bond acceptors (Lipinski definition) is 5. The SMILES string of the molecule is O=C(NCc1ccco1)c1cc(Nc2ccc(N3CCCCC3)cc2)ccn1. The summed E-state index contributed by atoms with van der Waals surface area (Å²) >= 11 is 0. The van der Waals surface area contributed by atoms with Gasteiger partial charge in [-0.15, -0.1) is 0 Å². The monoisotopic (exact) mass is 376 g/mol. The number of piperidine rings is 1. The lowest BCUT2D eigenvalue weighted by Gasteiger charge is -2.28. The molecule has 1 amide bonds. The number of benzene rings is 1. The van der Waals surface area contributed by atoms with Crippen LogP contribution < -0.4 is 15.5 Å². The highest BCUT2D eigenvalue weighted by Gasteiger charge is 2.11. The van der Waals surface area contributed by atoms with Crippen LogP contribution in [0.2, 0.25) is 0 Å². The maximum Gasteiger partial charge on any atom is 0.270 e. The van der Waals surface area contributed by atoms with Crippen molar-refractivity contribution in [2.24, 2.45) is 0 Å². The van der Waals surface area contributed by atoms with Gasteiger partial charge in [-0.2, -0.15) is 0 Å². The van der Waals surface area contributed by atoms with Crippen molar-refractivity contribution in [2.75, 3.05) is 23.3 Å². The van der Waals surface area contributed by atoms with Gasteiger partial charge in [-0.1, -0.05) is 0 Å². The summed E-state index contributed by atoms with van der Waals surface area (Å²) in [6.45, 7) is 2.60. The summed E-state index contributed by atoms with van der Waals surface area (Å²) in [5.74, 6) is 0.469. The molecule has 6 heteroatoms. The standard InChI is InChI=1S/C22H24N4O2/c27-22(24-16-20-5-4-14-28-20)21-15-18(10-11-23-21)25-17-6-8-19(9-7-17)26-12-2-1-3-13-26/h4-11,14-15H,1-3,12-13,16H2,(H,23,25)(H,24,27). The second kappa shape index (κ2) is 8.61. The van der Waals surface area contributed by atoms with Crippen LogP contribution in [0, 0.1) is 0 Å². The Labute approximate surface area is 164 Å². The highest BCUT2D eigenvalue weighted by molar-refractivity contribution is 5.93. The number of rotatable bonds is 6. The average Bonchev–Trinajstić information content (AvgIpc) is 3.27. The van der Waals surface area contributed by atoms with E-state index >= 15 is 0 Å². The molecular weight excluding hydrogens is 352 g/mol. The van der Waals surface area contributed by atoms with Crippen LogP contribution in [0.5, 0.6) is 0 Å². The molecule has 0 saturated carbocycles. The minimum Gasteiger partial charge on any atom is -0.467 e. The molecule has 0 aliphatic carbocycles. The number of carbonyl (C=O) groups is 1. The first-order chi connectivity index (χ1) is 13.8. The van der Waals surface area contributed by atoms with E-state index < -0.39 is 0 Å². The van der Waals surface area contributed by atoms with Crippen LogP contribution in [0.3, 0.4) is 0 Å². The van der Waals surface area contributed by atoms with Crippen LogP contribution in [0.4, 0.5) is 17.1 Å². The predicted octanol–water partition coefficient (Wildman–Crippen LogP) is 4.34. The summed E-state index contributed by atoms with van der Waals surface area (Å²) in [6, 6.07) is 15.6. The van der Waals surface area contributed by atoms with Crippen molar-refractivity contribution >= 4 is 23.0 Å². The van der Waals surface area contributed by atoms with E-state index in [4.69, 9.17) is 4.42 Å². The number of carbonyl (C=O) groups excluding carboxylic acids is 1. The molecule has 4 rings (SSSR count). The minimum atomic E-state index is -0.236. The third kappa shape index (κ3) is 4.52. The number of furan rings is 1. The molecule has 1 aliphatic rings. The fraction of sp³-hybridized carbons (Fsp3) is 0.273. The molecule has 0 unspecified atom stereocenters. The van der Waals surface area contributed by atoms with Crippen LogP contribution in [0.15, 0.2) is 65.4 Å². The summed E-state index contributed by atoms with van der Waals surface area (Å²) in [5, 5.41) is 6.15. The maximum absolute atomic E-state index is 12.3. The van der Waals surface area contributed by atoms with E-state index in [0.717, 1.165) is 24.5 Å². The Bertz CT molecular complexity index is 901. The van der Waals surface area contributed by atoms with Crippen molar-refractivity contribution < 1.29 is 9.21 Å². The first-order valence-electron chi connectivity index (χ1n) is 9.66. The number of nitrogens with zero attached hydrogens (tertiary/aromatic N) is 2. The van der Waals surface area contributed by atoms with Crippen LogP contribution in [0.25, 0.3) is 0 Å². The van der Waals surface area contributed by atoms with Gasteiger partial charge >= 0.3 is 0 Å². The summed E-state index contributed by atoms with van der Waals surface area (Å²) in [6.07, 6.45) is 7.08. The smallest absolute Gasteiger partial charge is 0.270 e. The highest BCUT2D eigenvalue weighted by Crippen LogP contribution is 2.23. The average molecular weight is 376 g/mol. The van der Waals surface area contributed by atoms with Gasteiger partial charge in [-0.3, -0.25) is 9.78 Å². The molecule has 0 radical (unpaired) electrons. The quantitative estimate of drug-likeness (QED) is 0.670. The molecule has 6 nitrogen and oxygen atoms in total. The zero-order valence-electron chi connectivity index (χ0n) is 15.7. The largest absolute Gasteiger partial charge is 0.467 e. The van der Waals surface area contributed by atoms with Gasteiger partial charge in [-0.05, 0) is 67.8 Å². The van der Waals surface area contributed by atoms with Gasteiger partial charge in [0.05, 0.1) is 12.8 Å². The predicted molar refractivity (Wildman–Crippen MR) is 110 cm³/mol. The molecule has 1 aliphatic heterocycles. The Balaban J connectivity index is 1.38. The lowest BCUT2D eigenvalue weighted by atomic mass is 10.1. The van der Waals surface area contributed by atoms with E-state index in [0.29, 0.717) is 18.0 Å². The van der Waals surface area contributed by atoms with Gasteiger partial charge in [0.1, 0.15) is 11.5 Å². The summed E-state index contributed by atoms with van der Waals surface area (Å²) in [5.41, 5.74) is 3.43. The van der Waals surface area contributed by atoms with Gasteiger partial charge in [0.2, 0.25) is 0 Å². The van der Waals surface area contributed by atoms with E-state index in [1.165, 1.54) is 24.9 Å². The van der Waals surface area contributed by atoms with Gasteiger partial charge < -0.3 is 20.0 Å². The van der Waals surface area contributed by atoms with E-state index in [9.17, 15) is 4.79 Å². The molecule has 0 atom stereocenters. The molecule has 28 heavy (non-hydrogen) atoms. The third-order valence-corrected chi connectivity index (χ3v) is 4.87. The number of aromatic nitrogens is 1. The Kier molecular flexibility index (Phi) is 5.56. The van der Waals surface area contributed by atoms with Crippen molar-refractivity contribution in [1.29, 1.82) is 0 Å². The Hall–Kier alpha value is -3.28. The zero-order valence-corrected chi connectivity index (χ0v) is 15.7. The lowest BCUT2D eigenvalue weighted by Crippen LogP contribution is -2.29. The number of pyridine rings is 1. The Morgan fingerprint density at radius 1 is 1.04 bits per heavy atom. The molecule has 2 N–H and O–H groups in total. The van der Waals surface area contributed by atoms with Gasteiger partial charge in [-0.25, -0.2) is 0 Å². The van der Waals surface area contributed by atoms with Gasteiger partial charge in [0.15, 0.2) is 0 Å². The first-order valence-corrected chi connectivity index (χ1v) is 9.66. The second-order valence-electron chi connectivity index (χ2n) is 6.91. The molecule has 0 bridgehead atoms. The van der Waals surface area contributed by atoms with Gasteiger partial charge in [0, 0.05) is 36.3 Å². The molecule has 3 aromatic rings. The highest BCUT2D eigenvalue weighted by atomic mass is 16.3. The third-order valence-electron chi connectivity index (χ3n) is 4.87. The molecular formula is C22H24N4O2. The maximum atomic E-state index is 12.3. The molecule has 0 spiro atoms. The van der Waals surface area contributed by atoms with E-state index in [1.807, 2.05) is 12.1 Å². The minimum absolute atomic E-state index is 0.236. The second-order valence-corrected chi connectivity index (χ2v) is 6.91. The number of anilines is 3. The molecule has 1 fully saturated rings. The van der Waals surface area contributed by atoms with Crippen LogP contribution >= 0.6 is 0 Å². The summed E-state index contributed by atoms with van der Waals surface area (Å²) in [7, 11) is 0. The molecule has 2 aromatic heterocycles. The van der Waals surface area contributed by atoms with E-state index in [-0.39, 0.29) is 5.91 Å². The van der Waals surface area contributed by atoms with Gasteiger partial charge in [0.25, 0.3) is 5.91 Å². The van der Waals surface area contributed by atoms with Crippen LogP contribution in [-0.4, -0.2) is 24.0 Å².